The van der Waals surface area contributed by atoms with Crippen LogP contribution in [-0.2, 0) is 4.79 Å². The van der Waals surface area contributed by atoms with Crippen molar-refractivity contribution in [3.63, 3.8) is 0 Å². The van der Waals surface area contributed by atoms with E-state index >= 15 is 0 Å². The third kappa shape index (κ3) is 2.71. The van der Waals surface area contributed by atoms with Crippen LogP contribution in [0.1, 0.15) is 0 Å². The molecule has 1 amide bonds. The lowest BCUT2D eigenvalue weighted by atomic mass is 10.1. The zero-order valence-corrected chi connectivity index (χ0v) is 8.26. The van der Waals surface area contributed by atoms with Crippen molar-refractivity contribution in [1.29, 1.82) is 0 Å². The highest BCUT2D eigenvalue weighted by atomic mass is 16.2. The number of carbonyl (C=O) groups is 1. The van der Waals surface area contributed by atoms with Crippen molar-refractivity contribution in [2.24, 2.45) is 5.73 Å². The largest absolute Gasteiger partial charge is 0.325 e. The quantitative estimate of drug-likeness (QED) is 0.668. The molecule has 1 aliphatic heterocycles. The van der Waals surface area contributed by atoms with Gasteiger partial charge in [-0.25, -0.2) is 9.97 Å². The highest BCUT2D eigenvalue weighted by molar-refractivity contribution is 5.90. The lowest BCUT2D eigenvalue weighted by molar-refractivity contribution is -0.118. The van der Waals surface area contributed by atoms with E-state index in [-0.39, 0.29) is 11.9 Å². The van der Waals surface area contributed by atoms with Crippen molar-refractivity contribution in [3.8, 4) is 0 Å². The van der Waals surface area contributed by atoms with Gasteiger partial charge in [-0.3, -0.25) is 15.0 Å². The van der Waals surface area contributed by atoms with Gasteiger partial charge in [-0.05, 0) is 6.07 Å². The second-order valence-electron chi connectivity index (χ2n) is 3.57. The molecule has 0 aromatic carbocycles. The maximum atomic E-state index is 11.4. The van der Waals surface area contributed by atoms with Crippen LogP contribution in [0.3, 0.4) is 0 Å². The van der Waals surface area contributed by atoms with Crippen LogP contribution in [-0.4, -0.2) is 46.5 Å². The van der Waals surface area contributed by atoms with Gasteiger partial charge in [0.2, 0.25) is 11.9 Å². The number of hydrogen-bond donors (Lipinski definition) is 2. The Kier molecular flexibility index (Phi) is 2.89. The molecule has 1 aromatic heterocycles. The highest BCUT2D eigenvalue weighted by Crippen LogP contribution is 2.04. The van der Waals surface area contributed by atoms with Crippen LogP contribution in [0.2, 0.25) is 0 Å². The normalized spacial score (nSPS) is 17.1. The van der Waals surface area contributed by atoms with E-state index in [9.17, 15) is 4.79 Å². The maximum absolute atomic E-state index is 11.4. The van der Waals surface area contributed by atoms with Gasteiger partial charge < -0.3 is 5.73 Å². The van der Waals surface area contributed by atoms with Gasteiger partial charge in [0.1, 0.15) is 0 Å². The summed E-state index contributed by atoms with van der Waals surface area (Å²) in [5, 5.41) is 2.61. The van der Waals surface area contributed by atoms with Crippen LogP contribution in [0.4, 0.5) is 5.95 Å². The number of rotatable bonds is 3. The van der Waals surface area contributed by atoms with Crippen molar-refractivity contribution in [2.75, 3.05) is 25.0 Å². The summed E-state index contributed by atoms with van der Waals surface area (Å²) in [6.45, 7) is 1.91. The molecule has 6 heteroatoms. The summed E-state index contributed by atoms with van der Waals surface area (Å²) in [6, 6.07) is 1.91. The number of anilines is 1. The molecule has 0 aliphatic carbocycles. The van der Waals surface area contributed by atoms with Gasteiger partial charge in [-0.15, -0.1) is 0 Å². The van der Waals surface area contributed by atoms with Gasteiger partial charge in [0, 0.05) is 31.5 Å². The number of hydrogen-bond acceptors (Lipinski definition) is 5. The van der Waals surface area contributed by atoms with Gasteiger partial charge in [-0.1, -0.05) is 0 Å². The highest BCUT2D eigenvalue weighted by Gasteiger charge is 2.24. The number of nitrogens with one attached hydrogen (secondary N) is 1. The number of amides is 1. The van der Waals surface area contributed by atoms with Crippen LogP contribution in [0, 0.1) is 0 Å². The number of carbonyl (C=O) groups excluding carboxylic acids is 1. The molecule has 1 saturated heterocycles. The molecule has 0 spiro atoms. The first-order valence-electron chi connectivity index (χ1n) is 4.79. The molecule has 2 rings (SSSR count). The monoisotopic (exact) mass is 207 g/mol. The predicted octanol–water partition coefficient (Wildman–Crippen LogP) is -0.942. The van der Waals surface area contributed by atoms with Gasteiger partial charge in [-0.2, -0.15) is 0 Å². The molecule has 0 atom stereocenters. The summed E-state index contributed by atoms with van der Waals surface area (Å²) in [5.41, 5.74) is 5.60. The van der Waals surface area contributed by atoms with E-state index in [0.29, 0.717) is 12.5 Å². The first kappa shape index (κ1) is 10.0. The third-order valence-electron chi connectivity index (χ3n) is 2.17. The van der Waals surface area contributed by atoms with Crippen molar-refractivity contribution in [2.45, 2.75) is 6.04 Å². The van der Waals surface area contributed by atoms with Crippen LogP contribution >= 0.6 is 0 Å². The summed E-state index contributed by atoms with van der Waals surface area (Å²) in [6.07, 6.45) is 3.17. The average molecular weight is 207 g/mol. The number of nitrogens with zero attached hydrogens (tertiary/aromatic N) is 3. The molecule has 1 aliphatic rings. The molecule has 0 unspecified atom stereocenters. The molecule has 80 valence electrons. The molecule has 0 radical (unpaired) electrons. The summed E-state index contributed by atoms with van der Waals surface area (Å²) < 4.78 is 0. The molecule has 2 heterocycles. The fraction of sp³-hybridized carbons (Fsp3) is 0.444. The minimum absolute atomic E-state index is 0.104. The summed E-state index contributed by atoms with van der Waals surface area (Å²) in [5.74, 6) is 0.237. The van der Waals surface area contributed by atoms with Gasteiger partial charge in [0.15, 0.2) is 0 Å². The van der Waals surface area contributed by atoms with E-state index in [1.54, 1.807) is 18.5 Å². The van der Waals surface area contributed by atoms with E-state index in [1.165, 1.54) is 0 Å². The summed E-state index contributed by atoms with van der Waals surface area (Å²) >= 11 is 0. The minimum Gasteiger partial charge on any atom is -0.325 e. The van der Waals surface area contributed by atoms with Crippen molar-refractivity contribution in [3.05, 3.63) is 18.5 Å². The zero-order valence-electron chi connectivity index (χ0n) is 8.26. The average Bonchev–Trinajstić information content (AvgIpc) is 2.17. The Morgan fingerprint density at radius 2 is 2.20 bits per heavy atom. The second kappa shape index (κ2) is 4.33. The van der Waals surface area contributed by atoms with E-state index in [0.717, 1.165) is 13.1 Å². The van der Waals surface area contributed by atoms with Gasteiger partial charge >= 0.3 is 0 Å². The molecule has 3 N–H and O–H groups in total. The Bertz CT molecular complexity index is 336. The number of nitrogens with two attached hydrogens (primary N) is 1. The lowest BCUT2D eigenvalue weighted by Crippen LogP contribution is -2.57. The molecule has 6 nitrogen and oxygen atoms in total. The van der Waals surface area contributed by atoms with Gasteiger partial charge in [0.25, 0.3) is 0 Å². The van der Waals surface area contributed by atoms with Crippen LogP contribution in [0.5, 0.6) is 0 Å². The Morgan fingerprint density at radius 3 is 2.80 bits per heavy atom. The fourth-order valence-corrected chi connectivity index (χ4v) is 1.47. The SMILES string of the molecule is NC1CN(CC(=O)Nc2ncccn2)C1. The second-order valence-corrected chi connectivity index (χ2v) is 3.57. The van der Waals surface area contributed by atoms with Crippen molar-refractivity contribution in [1.82, 2.24) is 14.9 Å². The van der Waals surface area contributed by atoms with Crippen molar-refractivity contribution >= 4 is 11.9 Å². The topological polar surface area (TPSA) is 84.1 Å². The standard InChI is InChI=1S/C9H13N5O/c10-7-4-14(5-7)6-8(15)13-9-11-2-1-3-12-9/h1-3,7H,4-6,10H2,(H,11,12,13,15). The molecule has 15 heavy (non-hydrogen) atoms. The van der Waals surface area contributed by atoms with E-state index in [4.69, 9.17) is 5.73 Å². The Labute approximate surface area is 87.5 Å². The molecule has 0 saturated carbocycles. The number of aromatic nitrogens is 2. The maximum Gasteiger partial charge on any atom is 0.240 e. The molecular weight excluding hydrogens is 194 g/mol. The van der Waals surface area contributed by atoms with Crippen LogP contribution in [0.25, 0.3) is 0 Å². The van der Waals surface area contributed by atoms with Crippen LogP contribution < -0.4 is 11.1 Å². The molecular formula is C9H13N5O. The summed E-state index contributed by atoms with van der Waals surface area (Å²) in [4.78, 5) is 21.2. The van der Waals surface area contributed by atoms with E-state index in [1.807, 2.05) is 4.90 Å². The van der Waals surface area contributed by atoms with Crippen molar-refractivity contribution < 1.29 is 4.79 Å². The first-order chi connectivity index (χ1) is 7.24. The molecule has 0 bridgehead atoms. The Balaban J connectivity index is 1.78. The lowest BCUT2D eigenvalue weighted by Gasteiger charge is -2.35. The van der Waals surface area contributed by atoms with E-state index in [2.05, 4.69) is 15.3 Å². The molecule has 1 fully saturated rings. The first-order valence-corrected chi connectivity index (χ1v) is 4.79. The van der Waals surface area contributed by atoms with Crippen LogP contribution in [0.15, 0.2) is 18.5 Å². The Morgan fingerprint density at radius 1 is 1.53 bits per heavy atom. The Hall–Kier alpha value is -1.53. The smallest absolute Gasteiger partial charge is 0.240 e. The summed E-state index contributed by atoms with van der Waals surface area (Å²) in [7, 11) is 0. The predicted molar refractivity (Wildman–Crippen MR) is 55.1 cm³/mol. The third-order valence-corrected chi connectivity index (χ3v) is 2.17. The molecule has 1 aromatic rings. The fourth-order valence-electron chi connectivity index (χ4n) is 1.47. The minimum atomic E-state index is -0.104. The number of likely N-dealkylation sites (tertiary alicyclic amines) is 1. The van der Waals surface area contributed by atoms with Gasteiger partial charge in [0.05, 0.1) is 6.54 Å². The van der Waals surface area contributed by atoms with E-state index < -0.39 is 0 Å². The zero-order chi connectivity index (χ0) is 10.7.